The van der Waals surface area contributed by atoms with E-state index in [9.17, 15) is 5.11 Å². The molecular weight excluding hydrogens is 150 g/mol. The normalized spacial score (nSPS) is 32.8. The summed E-state index contributed by atoms with van der Waals surface area (Å²) in [5.74, 6) is 0.945. The van der Waals surface area contributed by atoms with Crippen molar-refractivity contribution in [2.45, 2.75) is 51.7 Å². The highest BCUT2D eigenvalue weighted by Crippen LogP contribution is 2.29. The topological polar surface area (TPSA) is 46.2 Å². The van der Waals surface area contributed by atoms with Gasteiger partial charge < -0.3 is 10.8 Å². The highest BCUT2D eigenvalue weighted by Gasteiger charge is 2.30. The molecule has 1 saturated carbocycles. The second kappa shape index (κ2) is 4.24. The SMILES string of the molecule is CC(C)CC(O)C1CCCC1N. The Bertz CT molecular complexity index is 136. The van der Waals surface area contributed by atoms with Crippen molar-refractivity contribution in [3.63, 3.8) is 0 Å². The van der Waals surface area contributed by atoms with Gasteiger partial charge in [0.1, 0.15) is 0 Å². The Hall–Kier alpha value is -0.0800. The van der Waals surface area contributed by atoms with Gasteiger partial charge in [0.05, 0.1) is 6.10 Å². The monoisotopic (exact) mass is 171 g/mol. The fraction of sp³-hybridized carbons (Fsp3) is 1.00. The van der Waals surface area contributed by atoms with E-state index in [0.29, 0.717) is 11.8 Å². The summed E-state index contributed by atoms with van der Waals surface area (Å²) in [6.45, 7) is 4.29. The van der Waals surface area contributed by atoms with Gasteiger partial charge in [0.25, 0.3) is 0 Å². The van der Waals surface area contributed by atoms with E-state index in [1.807, 2.05) is 0 Å². The summed E-state index contributed by atoms with van der Waals surface area (Å²) in [6.07, 6.45) is 4.15. The van der Waals surface area contributed by atoms with Crippen LogP contribution in [0.15, 0.2) is 0 Å². The fourth-order valence-corrected chi connectivity index (χ4v) is 2.15. The number of rotatable bonds is 3. The third kappa shape index (κ3) is 2.46. The molecule has 0 bridgehead atoms. The first-order valence-electron chi connectivity index (χ1n) is 5.05. The molecule has 0 aromatic rings. The number of aliphatic hydroxyl groups excluding tert-OH is 1. The summed E-state index contributed by atoms with van der Waals surface area (Å²) < 4.78 is 0. The lowest BCUT2D eigenvalue weighted by Gasteiger charge is -2.23. The van der Waals surface area contributed by atoms with Crippen LogP contribution >= 0.6 is 0 Å². The van der Waals surface area contributed by atoms with Crippen LogP contribution in [0.2, 0.25) is 0 Å². The Kier molecular flexibility index (Phi) is 3.53. The molecule has 2 heteroatoms. The van der Waals surface area contributed by atoms with Gasteiger partial charge in [0.15, 0.2) is 0 Å². The van der Waals surface area contributed by atoms with Crippen LogP contribution in [-0.2, 0) is 0 Å². The Morgan fingerprint density at radius 2 is 2.08 bits per heavy atom. The number of hydrogen-bond acceptors (Lipinski definition) is 2. The van der Waals surface area contributed by atoms with Crippen molar-refractivity contribution in [3.8, 4) is 0 Å². The Balaban J connectivity index is 2.35. The van der Waals surface area contributed by atoms with E-state index in [0.717, 1.165) is 19.3 Å². The smallest absolute Gasteiger partial charge is 0.0585 e. The minimum Gasteiger partial charge on any atom is -0.393 e. The predicted molar refractivity (Wildman–Crippen MR) is 50.8 cm³/mol. The highest BCUT2D eigenvalue weighted by molar-refractivity contribution is 4.85. The lowest BCUT2D eigenvalue weighted by molar-refractivity contribution is 0.0821. The summed E-state index contributed by atoms with van der Waals surface area (Å²) in [4.78, 5) is 0. The summed E-state index contributed by atoms with van der Waals surface area (Å²) in [5.41, 5.74) is 5.90. The molecular formula is C10H21NO. The maximum atomic E-state index is 9.81. The molecule has 1 fully saturated rings. The number of nitrogens with two attached hydrogens (primary N) is 1. The second-order valence-electron chi connectivity index (χ2n) is 4.46. The average molecular weight is 171 g/mol. The van der Waals surface area contributed by atoms with Crippen LogP contribution in [0.5, 0.6) is 0 Å². The van der Waals surface area contributed by atoms with Crippen molar-refractivity contribution in [1.29, 1.82) is 0 Å². The molecule has 0 saturated heterocycles. The molecule has 72 valence electrons. The lowest BCUT2D eigenvalue weighted by atomic mass is 9.91. The van der Waals surface area contributed by atoms with Gasteiger partial charge in [0.2, 0.25) is 0 Å². The van der Waals surface area contributed by atoms with Crippen molar-refractivity contribution in [2.75, 3.05) is 0 Å². The van der Waals surface area contributed by atoms with E-state index in [1.54, 1.807) is 0 Å². The summed E-state index contributed by atoms with van der Waals surface area (Å²) in [5, 5.41) is 9.81. The zero-order chi connectivity index (χ0) is 9.14. The summed E-state index contributed by atoms with van der Waals surface area (Å²) in [7, 11) is 0. The molecule has 1 aliphatic rings. The third-order valence-corrected chi connectivity index (χ3v) is 2.83. The van der Waals surface area contributed by atoms with Crippen molar-refractivity contribution >= 4 is 0 Å². The molecule has 1 aliphatic carbocycles. The molecule has 2 nitrogen and oxygen atoms in total. The van der Waals surface area contributed by atoms with E-state index in [4.69, 9.17) is 5.73 Å². The van der Waals surface area contributed by atoms with Gasteiger partial charge >= 0.3 is 0 Å². The maximum Gasteiger partial charge on any atom is 0.0585 e. The molecule has 0 aromatic heterocycles. The molecule has 0 amide bonds. The lowest BCUT2D eigenvalue weighted by Crippen LogP contribution is -2.34. The minimum atomic E-state index is -0.164. The third-order valence-electron chi connectivity index (χ3n) is 2.83. The Labute approximate surface area is 75.2 Å². The van der Waals surface area contributed by atoms with E-state index in [2.05, 4.69) is 13.8 Å². The molecule has 0 spiro atoms. The molecule has 1 rings (SSSR count). The van der Waals surface area contributed by atoms with E-state index in [1.165, 1.54) is 6.42 Å². The second-order valence-corrected chi connectivity index (χ2v) is 4.46. The molecule has 0 radical (unpaired) electrons. The molecule has 12 heavy (non-hydrogen) atoms. The van der Waals surface area contributed by atoms with Gasteiger partial charge in [0, 0.05) is 6.04 Å². The van der Waals surface area contributed by atoms with Gasteiger partial charge in [-0.1, -0.05) is 20.3 Å². The maximum absolute atomic E-state index is 9.81. The standard InChI is InChI=1S/C10H21NO/c1-7(2)6-10(12)8-4-3-5-9(8)11/h7-10,12H,3-6,11H2,1-2H3. The van der Waals surface area contributed by atoms with Crippen LogP contribution in [0.3, 0.4) is 0 Å². The van der Waals surface area contributed by atoms with Crippen LogP contribution in [0.4, 0.5) is 0 Å². The predicted octanol–water partition coefficient (Wildman–Crippen LogP) is 1.52. The van der Waals surface area contributed by atoms with Crippen LogP contribution in [-0.4, -0.2) is 17.3 Å². The van der Waals surface area contributed by atoms with Crippen LogP contribution in [0.25, 0.3) is 0 Å². The van der Waals surface area contributed by atoms with Gasteiger partial charge in [-0.25, -0.2) is 0 Å². The minimum absolute atomic E-state index is 0.164. The van der Waals surface area contributed by atoms with Crippen LogP contribution < -0.4 is 5.73 Å². The van der Waals surface area contributed by atoms with Crippen molar-refractivity contribution in [3.05, 3.63) is 0 Å². The van der Waals surface area contributed by atoms with E-state index < -0.39 is 0 Å². The molecule has 0 aliphatic heterocycles. The van der Waals surface area contributed by atoms with E-state index in [-0.39, 0.29) is 12.1 Å². The number of aliphatic hydroxyl groups is 1. The van der Waals surface area contributed by atoms with Gasteiger partial charge in [-0.05, 0) is 31.1 Å². The van der Waals surface area contributed by atoms with Crippen molar-refractivity contribution in [1.82, 2.24) is 0 Å². The molecule has 3 unspecified atom stereocenters. The molecule has 3 N–H and O–H groups in total. The molecule has 0 aromatic carbocycles. The fourth-order valence-electron chi connectivity index (χ4n) is 2.15. The Morgan fingerprint density at radius 3 is 2.50 bits per heavy atom. The molecule has 0 heterocycles. The van der Waals surface area contributed by atoms with Crippen LogP contribution in [0.1, 0.15) is 39.5 Å². The Morgan fingerprint density at radius 1 is 1.42 bits per heavy atom. The van der Waals surface area contributed by atoms with Crippen LogP contribution in [0, 0.1) is 11.8 Å². The average Bonchev–Trinajstić information content (AvgIpc) is 2.33. The zero-order valence-electron chi connectivity index (χ0n) is 8.16. The van der Waals surface area contributed by atoms with Gasteiger partial charge in [-0.15, -0.1) is 0 Å². The largest absolute Gasteiger partial charge is 0.393 e. The van der Waals surface area contributed by atoms with Crippen molar-refractivity contribution in [2.24, 2.45) is 17.6 Å². The quantitative estimate of drug-likeness (QED) is 0.676. The van der Waals surface area contributed by atoms with Gasteiger partial charge in [-0.2, -0.15) is 0 Å². The van der Waals surface area contributed by atoms with Crippen molar-refractivity contribution < 1.29 is 5.11 Å². The number of hydrogen-bond donors (Lipinski definition) is 2. The summed E-state index contributed by atoms with van der Waals surface area (Å²) in [6, 6.07) is 0.249. The summed E-state index contributed by atoms with van der Waals surface area (Å²) >= 11 is 0. The first kappa shape index (κ1) is 10.0. The van der Waals surface area contributed by atoms with Gasteiger partial charge in [-0.3, -0.25) is 0 Å². The molecule has 3 atom stereocenters. The first-order chi connectivity index (χ1) is 5.61. The van der Waals surface area contributed by atoms with E-state index >= 15 is 0 Å². The highest BCUT2D eigenvalue weighted by atomic mass is 16.3. The zero-order valence-corrected chi connectivity index (χ0v) is 8.16. The first-order valence-corrected chi connectivity index (χ1v) is 5.05.